The van der Waals surface area contributed by atoms with Gasteiger partial charge < -0.3 is 10.8 Å². The van der Waals surface area contributed by atoms with E-state index >= 15 is 0 Å². The molecule has 0 aromatic rings. The van der Waals surface area contributed by atoms with Gasteiger partial charge >= 0.3 is 0 Å². The molecule has 0 amide bonds. The molecule has 0 unspecified atom stereocenters. The third-order valence-electron chi connectivity index (χ3n) is 1.95. The Balaban J connectivity index is 0.000000810. The minimum atomic E-state index is 0. The highest BCUT2D eigenvalue weighted by atomic mass is 16.0. The first-order chi connectivity index (χ1) is 4.20. The van der Waals surface area contributed by atoms with Crippen LogP contribution in [-0.4, -0.2) is 18.1 Å². The molecule has 0 aliphatic carbocycles. The van der Waals surface area contributed by atoms with E-state index in [1.165, 1.54) is 12.0 Å². The maximum absolute atomic E-state index is 3.91. The van der Waals surface area contributed by atoms with Crippen LogP contribution in [0.25, 0.3) is 0 Å². The first-order valence-corrected chi connectivity index (χ1v) is 3.59. The van der Waals surface area contributed by atoms with Crippen LogP contribution in [0.1, 0.15) is 20.3 Å². The Bertz CT molecular complexity index is 122. The van der Waals surface area contributed by atoms with Crippen molar-refractivity contribution in [3.63, 3.8) is 0 Å². The van der Waals surface area contributed by atoms with Crippen LogP contribution in [0.2, 0.25) is 0 Å². The molecule has 2 heteroatoms. The van der Waals surface area contributed by atoms with Crippen LogP contribution in [0.3, 0.4) is 0 Å². The van der Waals surface area contributed by atoms with Gasteiger partial charge in [0.2, 0.25) is 0 Å². The summed E-state index contributed by atoms with van der Waals surface area (Å²) in [6, 6.07) is 0.597. The van der Waals surface area contributed by atoms with Crippen molar-refractivity contribution in [2.45, 2.75) is 26.3 Å². The molecule has 0 saturated carbocycles. The molecule has 0 aromatic carbocycles. The minimum Gasteiger partial charge on any atom is -0.412 e. The zero-order valence-electron chi connectivity index (χ0n) is 6.78. The van der Waals surface area contributed by atoms with Crippen LogP contribution in [-0.2, 0) is 0 Å². The summed E-state index contributed by atoms with van der Waals surface area (Å²) in [4.78, 5) is 0. The second kappa shape index (κ2) is 3.74. The number of rotatable bonds is 1. The first kappa shape index (κ1) is 9.66. The molecule has 1 saturated heterocycles. The van der Waals surface area contributed by atoms with Gasteiger partial charge in [-0.15, -0.1) is 0 Å². The lowest BCUT2D eigenvalue weighted by Gasteiger charge is -2.07. The third kappa shape index (κ3) is 2.12. The van der Waals surface area contributed by atoms with E-state index in [-0.39, 0.29) is 5.48 Å². The topological polar surface area (TPSA) is 43.5 Å². The normalized spacial score (nSPS) is 31.4. The van der Waals surface area contributed by atoms with Gasteiger partial charge in [-0.05, 0) is 25.8 Å². The molecule has 2 nitrogen and oxygen atoms in total. The van der Waals surface area contributed by atoms with E-state index in [0.29, 0.717) is 6.04 Å². The highest BCUT2D eigenvalue weighted by Crippen LogP contribution is 2.16. The second-order valence-corrected chi connectivity index (χ2v) is 3.15. The van der Waals surface area contributed by atoms with Crippen LogP contribution in [0, 0.1) is 5.92 Å². The van der Waals surface area contributed by atoms with E-state index in [4.69, 9.17) is 0 Å². The van der Waals surface area contributed by atoms with Crippen molar-refractivity contribution >= 4 is 0 Å². The Labute approximate surface area is 62.6 Å². The maximum Gasteiger partial charge on any atom is 0.0277 e. The van der Waals surface area contributed by atoms with Gasteiger partial charge in [-0.1, -0.05) is 19.1 Å². The van der Waals surface area contributed by atoms with Gasteiger partial charge in [0, 0.05) is 6.04 Å². The Kier molecular flexibility index (Phi) is 3.61. The summed E-state index contributed by atoms with van der Waals surface area (Å²) < 4.78 is 0. The third-order valence-corrected chi connectivity index (χ3v) is 1.95. The van der Waals surface area contributed by atoms with E-state index in [2.05, 4.69) is 25.7 Å². The van der Waals surface area contributed by atoms with E-state index < -0.39 is 0 Å². The van der Waals surface area contributed by atoms with Crippen molar-refractivity contribution in [2.24, 2.45) is 5.92 Å². The molecule has 3 N–H and O–H groups in total. The van der Waals surface area contributed by atoms with Gasteiger partial charge in [0.05, 0.1) is 0 Å². The Hall–Kier alpha value is -0.340. The van der Waals surface area contributed by atoms with Gasteiger partial charge in [-0.2, -0.15) is 0 Å². The Morgan fingerprint density at radius 1 is 1.60 bits per heavy atom. The standard InChI is InChI=1S/C8H15N.H2O/c1-6(2)8-4-7(3)5-9-8;/h7-9H,1,4-5H2,2-3H3;1H2/t7-,8+;/m1./s1. The summed E-state index contributed by atoms with van der Waals surface area (Å²) in [5, 5.41) is 3.41. The molecule has 1 fully saturated rings. The van der Waals surface area contributed by atoms with Gasteiger partial charge in [0.1, 0.15) is 0 Å². The van der Waals surface area contributed by atoms with Crippen molar-refractivity contribution in [1.29, 1.82) is 0 Å². The number of nitrogens with one attached hydrogen (secondary N) is 1. The monoisotopic (exact) mass is 143 g/mol. The average Bonchev–Trinajstić information content (AvgIpc) is 2.14. The summed E-state index contributed by atoms with van der Waals surface area (Å²) in [6.45, 7) is 9.44. The molecular weight excluding hydrogens is 126 g/mol. The average molecular weight is 143 g/mol. The minimum absolute atomic E-state index is 0. The lowest BCUT2D eigenvalue weighted by atomic mass is 10.0. The van der Waals surface area contributed by atoms with Crippen molar-refractivity contribution in [1.82, 2.24) is 5.32 Å². The fourth-order valence-electron chi connectivity index (χ4n) is 1.29. The summed E-state index contributed by atoms with van der Waals surface area (Å²) in [5.41, 5.74) is 1.28. The van der Waals surface area contributed by atoms with Crippen LogP contribution in [0.4, 0.5) is 0 Å². The lowest BCUT2D eigenvalue weighted by Crippen LogP contribution is -2.21. The van der Waals surface area contributed by atoms with Gasteiger partial charge in [-0.3, -0.25) is 0 Å². The first-order valence-electron chi connectivity index (χ1n) is 3.59. The molecule has 10 heavy (non-hydrogen) atoms. The number of hydrogen-bond donors (Lipinski definition) is 1. The highest BCUT2D eigenvalue weighted by molar-refractivity contribution is 5.04. The lowest BCUT2D eigenvalue weighted by molar-refractivity contribution is 0.633. The highest BCUT2D eigenvalue weighted by Gasteiger charge is 2.19. The fourth-order valence-corrected chi connectivity index (χ4v) is 1.29. The molecule has 1 heterocycles. The van der Waals surface area contributed by atoms with E-state index in [1.807, 2.05) is 0 Å². The van der Waals surface area contributed by atoms with Crippen molar-refractivity contribution in [3.8, 4) is 0 Å². The molecule has 1 rings (SSSR count). The van der Waals surface area contributed by atoms with Crippen LogP contribution >= 0.6 is 0 Å². The van der Waals surface area contributed by atoms with Crippen LogP contribution < -0.4 is 5.32 Å². The smallest absolute Gasteiger partial charge is 0.0277 e. The van der Waals surface area contributed by atoms with E-state index in [1.54, 1.807) is 0 Å². The largest absolute Gasteiger partial charge is 0.412 e. The maximum atomic E-state index is 3.91. The zero-order valence-corrected chi connectivity index (χ0v) is 6.78. The van der Waals surface area contributed by atoms with Gasteiger partial charge in [-0.25, -0.2) is 0 Å². The molecular formula is C8H17NO. The van der Waals surface area contributed by atoms with E-state index in [0.717, 1.165) is 12.5 Å². The summed E-state index contributed by atoms with van der Waals surface area (Å²) in [6.07, 6.45) is 1.27. The van der Waals surface area contributed by atoms with Gasteiger partial charge in [0.25, 0.3) is 0 Å². The summed E-state index contributed by atoms with van der Waals surface area (Å²) in [5.74, 6) is 0.840. The molecule has 0 aromatic heterocycles. The Morgan fingerprint density at radius 3 is 2.40 bits per heavy atom. The van der Waals surface area contributed by atoms with Crippen molar-refractivity contribution in [2.75, 3.05) is 6.54 Å². The predicted molar refractivity (Wildman–Crippen MR) is 44.0 cm³/mol. The van der Waals surface area contributed by atoms with E-state index in [9.17, 15) is 0 Å². The zero-order chi connectivity index (χ0) is 6.85. The molecule has 1 aliphatic rings. The molecule has 60 valence electrons. The summed E-state index contributed by atoms with van der Waals surface area (Å²) in [7, 11) is 0. The van der Waals surface area contributed by atoms with Gasteiger partial charge in [0.15, 0.2) is 0 Å². The van der Waals surface area contributed by atoms with Crippen LogP contribution in [0.15, 0.2) is 12.2 Å². The fraction of sp³-hybridized carbons (Fsp3) is 0.750. The molecule has 0 radical (unpaired) electrons. The molecule has 2 atom stereocenters. The number of hydrogen-bond acceptors (Lipinski definition) is 1. The molecule has 0 bridgehead atoms. The second-order valence-electron chi connectivity index (χ2n) is 3.15. The molecule has 1 aliphatic heterocycles. The van der Waals surface area contributed by atoms with Crippen LogP contribution in [0.5, 0.6) is 0 Å². The quantitative estimate of drug-likeness (QED) is 0.540. The van der Waals surface area contributed by atoms with Crippen molar-refractivity contribution in [3.05, 3.63) is 12.2 Å². The SMILES string of the molecule is C=C(C)[C@@H]1C[C@@H](C)CN1.O. The predicted octanol–water partition coefficient (Wildman–Crippen LogP) is 0.736. The summed E-state index contributed by atoms with van der Waals surface area (Å²) >= 11 is 0. The van der Waals surface area contributed by atoms with Crippen molar-refractivity contribution < 1.29 is 5.48 Å². The molecule has 0 spiro atoms. The Morgan fingerprint density at radius 2 is 2.20 bits per heavy atom.